The summed E-state index contributed by atoms with van der Waals surface area (Å²) >= 11 is 0. The summed E-state index contributed by atoms with van der Waals surface area (Å²) in [5.74, 6) is 1.38. The molecule has 2 heterocycles. The number of nitrogens with one attached hydrogen (secondary N) is 1. The van der Waals surface area contributed by atoms with Gasteiger partial charge in [-0.2, -0.15) is 0 Å². The topological polar surface area (TPSA) is 50.3 Å². The van der Waals surface area contributed by atoms with E-state index in [1.54, 1.807) is 0 Å². The molecule has 18 heavy (non-hydrogen) atoms. The van der Waals surface area contributed by atoms with Crippen molar-refractivity contribution in [3.05, 3.63) is 18.0 Å². The van der Waals surface area contributed by atoms with E-state index in [0.717, 1.165) is 38.4 Å². The van der Waals surface area contributed by atoms with Gasteiger partial charge in [0.15, 0.2) is 0 Å². The lowest BCUT2D eigenvalue weighted by Gasteiger charge is -2.19. The summed E-state index contributed by atoms with van der Waals surface area (Å²) in [5.41, 5.74) is 1.15. The third-order valence-electron chi connectivity index (χ3n) is 3.09. The van der Waals surface area contributed by atoms with Crippen molar-refractivity contribution in [1.29, 1.82) is 0 Å². The Morgan fingerprint density at radius 2 is 2.22 bits per heavy atom. The molecule has 5 nitrogen and oxygen atoms in total. The van der Waals surface area contributed by atoms with Gasteiger partial charge in [0.05, 0.1) is 6.61 Å². The van der Waals surface area contributed by atoms with Crippen molar-refractivity contribution < 1.29 is 4.74 Å². The first-order valence-electron chi connectivity index (χ1n) is 6.59. The molecule has 0 aromatic carbocycles. The lowest BCUT2D eigenvalue weighted by molar-refractivity contribution is 0.173. The maximum Gasteiger partial charge on any atom is 0.222 e. The van der Waals surface area contributed by atoms with Crippen LogP contribution in [-0.4, -0.2) is 48.2 Å². The number of rotatable bonds is 6. The second-order valence-corrected chi connectivity index (χ2v) is 4.87. The fourth-order valence-electron chi connectivity index (χ4n) is 2.23. The second kappa shape index (κ2) is 6.66. The maximum absolute atomic E-state index is 5.39. The van der Waals surface area contributed by atoms with Gasteiger partial charge in [0.1, 0.15) is 0 Å². The van der Waals surface area contributed by atoms with E-state index < -0.39 is 0 Å². The molecule has 1 saturated heterocycles. The molecule has 5 heteroatoms. The molecule has 0 amide bonds. The van der Waals surface area contributed by atoms with Gasteiger partial charge in [0, 0.05) is 44.2 Å². The lowest BCUT2D eigenvalue weighted by atomic mass is 10.1. The van der Waals surface area contributed by atoms with Crippen molar-refractivity contribution in [2.45, 2.75) is 19.9 Å². The van der Waals surface area contributed by atoms with Crippen LogP contribution in [0.3, 0.4) is 0 Å². The molecule has 1 aromatic heterocycles. The third kappa shape index (κ3) is 3.92. The molecule has 0 saturated carbocycles. The van der Waals surface area contributed by atoms with Gasteiger partial charge in [-0.1, -0.05) is 0 Å². The van der Waals surface area contributed by atoms with E-state index >= 15 is 0 Å². The summed E-state index contributed by atoms with van der Waals surface area (Å²) < 4.78 is 5.39. The number of anilines is 1. The van der Waals surface area contributed by atoms with Crippen LogP contribution in [-0.2, 0) is 11.3 Å². The Morgan fingerprint density at radius 1 is 1.44 bits per heavy atom. The molecule has 0 aliphatic carbocycles. The molecular formula is C13H22N4O. The largest absolute Gasteiger partial charge is 0.381 e. The van der Waals surface area contributed by atoms with Gasteiger partial charge in [0.25, 0.3) is 0 Å². The monoisotopic (exact) mass is 250 g/mol. The van der Waals surface area contributed by atoms with Crippen molar-refractivity contribution in [3.8, 4) is 0 Å². The summed E-state index contributed by atoms with van der Waals surface area (Å²) in [6.07, 6.45) is 4.97. The van der Waals surface area contributed by atoms with Crippen molar-refractivity contribution in [3.63, 3.8) is 0 Å². The van der Waals surface area contributed by atoms with E-state index in [1.165, 1.54) is 6.42 Å². The zero-order valence-corrected chi connectivity index (χ0v) is 11.2. The summed E-state index contributed by atoms with van der Waals surface area (Å²) in [7, 11) is 2.14. The fraction of sp³-hybridized carbons (Fsp3) is 0.692. The molecule has 100 valence electrons. The van der Waals surface area contributed by atoms with Crippen LogP contribution < -0.4 is 5.32 Å². The minimum Gasteiger partial charge on any atom is -0.381 e. The highest BCUT2D eigenvalue weighted by Crippen LogP contribution is 2.14. The number of hydrogen-bond acceptors (Lipinski definition) is 5. The van der Waals surface area contributed by atoms with Crippen LogP contribution in [0.5, 0.6) is 0 Å². The molecule has 1 N–H and O–H groups in total. The summed E-state index contributed by atoms with van der Waals surface area (Å²) in [6.45, 7) is 6.67. The highest BCUT2D eigenvalue weighted by atomic mass is 16.5. The first-order chi connectivity index (χ1) is 8.78. The molecule has 1 aromatic rings. The Bertz CT molecular complexity index is 349. The predicted molar refractivity (Wildman–Crippen MR) is 71.5 cm³/mol. The van der Waals surface area contributed by atoms with Gasteiger partial charge >= 0.3 is 0 Å². The lowest BCUT2D eigenvalue weighted by Crippen LogP contribution is -2.25. The minimum atomic E-state index is 0.678. The highest BCUT2D eigenvalue weighted by Gasteiger charge is 2.17. The Morgan fingerprint density at radius 3 is 2.83 bits per heavy atom. The quantitative estimate of drug-likeness (QED) is 0.826. The summed E-state index contributed by atoms with van der Waals surface area (Å²) in [4.78, 5) is 10.9. The maximum atomic E-state index is 5.39. The zero-order valence-electron chi connectivity index (χ0n) is 11.2. The van der Waals surface area contributed by atoms with Gasteiger partial charge in [-0.25, -0.2) is 9.97 Å². The van der Waals surface area contributed by atoms with Gasteiger partial charge in [0.2, 0.25) is 5.95 Å². The molecule has 1 fully saturated rings. The van der Waals surface area contributed by atoms with Crippen LogP contribution in [0.15, 0.2) is 12.4 Å². The molecule has 1 aliphatic rings. The van der Waals surface area contributed by atoms with Crippen molar-refractivity contribution in [2.24, 2.45) is 5.92 Å². The third-order valence-corrected chi connectivity index (χ3v) is 3.09. The second-order valence-electron chi connectivity index (χ2n) is 4.87. The molecule has 1 aliphatic heterocycles. The molecular weight excluding hydrogens is 228 g/mol. The molecule has 1 atom stereocenters. The van der Waals surface area contributed by atoms with E-state index in [1.807, 2.05) is 19.3 Å². The van der Waals surface area contributed by atoms with E-state index in [-0.39, 0.29) is 0 Å². The smallest absolute Gasteiger partial charge is 0.222 e. The molecule has 0 bridgehead atoms. The molecule has 0 radical (unpaired) electrons. The number of ether oxygens (including phenoxy) is 1. The standard InChI is InChI=1S/C13H22N4O/c1-3-14-13-15-6-12(7-16-13)9-17(2)8-11-4-5-18-10-11/h6-7,11H,3-5,8-10H2,1-2H3,(H,14,15,16). The van der Waals surface area contributed by atoms with Crippen LogP contribution in [0.2, 0.25) is 0 Å². The van der Waals surface area contributed by atoms with E-state index in [0.29, 0.717) is 11.9 Å². The molecule has 2 rings (SSSR count). The van der Waals surface area contributed by atoms with Crippen LogP contribution in [0.1, 0.15) is 18.9 Å². The normalized spacial score (nSPS) is 19.4. The van der Waals surface area contributed by atoms with E-state index in [2.05, 4.69) is 27.2 Å². The van der Waals surface area contributed by atoms with Gasteiger partial charge in [-0.15, -0.1) is 0 Å². The van der Waals surface area contributed by atoms with Crippen LogP contribution in [0.4, 0.5) is 5.95 Å². The van der Waals surface area contributed by atoms with Crippen LogP contribution in [0.25, 0.3) is 0 Å². The number of hydrogen-bond donors (Lipinski definition) is 1. The highest BCUT2D eigenvalue weighted by molar-refractivity contribution is 5.24. The fourth-order valence-corrected chi connectivity index (χ4v) is 2.23. The van der Waals surface area contributed by atoms with Crippen molar-refractivity contribution in [2.75, 3.05) is 38.7 Å². The van der Waals surface area contributed by atoms with E-state index in [9.17, 15) is 0 Å². The van der Waals surface area contributed by atoms with Gasteiger partial charge in [-0.05, 0) is 26.3 Å². The average molecular weight is 250 g/mol. The number of nitrogens with zero attached hydrogens (tertiary/aromatic N) is 3. The van der Waals surface area contributed by atoms with Crippen LogP contribution >= 0.6 is 0 Å². The van der Waals surface area contributed by atoms with Gasteiger partial charge < -0.3 is 15.0 Å². The molecule has 1 unspecified atom stereocenters. The first kappa shape index (κ1) is 13.2. The first-order valence-corrected chi connectivity index (χ1v) is 6.59. The summed E-state index contributed by atoms with van der Waals surface area (Å²) in [5, 5.41) is 3.09. The predicted octanol–water partition coefficient (Wildman–Crippen LogP) is 1.38. The Hall–Kier alpha value is -1.20. The van der Waals surface area contributed by atoms with Crippen LogP contribution in [0, 0.1) is 5.92 Å². The Labute approximate surface area is 109 Å². The minimum absolute atomic E-state index is 0.678. The van der Waals surface area contributed by atoms with E-state index in [4.69, 9.17) is 4.74 Å². The molecule has 0 spiro atoms. The van der Waals surface area contributed by atoms with Crippen molar-refractivity contribution >= 4 is 5.95 Å². The average Bonchev–Trinajstić information content (AvgIpc) is 2.84. The summed E-state index contributed by atoms with van der Waals surface area (Å²) in [6, 6.07) is 0. The van der Waals surface area contributed by atoms with Gasteiger partial charge in [-0.3, -0.25) is 0 Å². The van der Waals surface area contributed by atoms with Crippen molar-refractivity contribution in [1.82, 2.24) is 14.9 Å². The Kier molecular flexibility index (Phi) is 4.90. The Balaban J connectivity index is 1.80. The zero-order chi connectivity index (χ0) is 12.8. The number of aromatic nitrogens is 2. The SMILES string of the molecule is CCNc1ncc(CN(C)CC2CCOC2)cn1.